The van der Waals surface area contributed by atoms with E-state index in [1.54, 1.807) is 0 Å². The fraction of sp³-hybridized carbons (Fsp3) is 0.583. The van der Waals surface area contributed by atoms with Gasteiger partial charge in [-0.25, -0.2) is 18.1 Å². The van der Waals surface area contributed by atoms with Crippen LogP contribution in [0.25, 0.3) is 0 Å². The molecule has 0 aromatic carbocycles. The Morgan fingerprint density at radius 1 is 1.40 bits per heavy atom. The molecule has 0 aliphatic carbocycles. The number of piperazine rings is 1. The van der Waals surface area contributed by atoms with Crippen LogP contribution in [0.5, 0.6) is 0 Å². The molecule has 1 saturated heterocycles. The van der Waals surface area contributed by atoms with Crippen LogP contribution >= 0.6 is 24.0 Å². The second-order valence-electron chi connectivity index (χ2n) is 5.23. The first-order valence-corrected chi connectivity index (χ1v) is 8.89. The van der Waals surface area contributed by atoms with Gasteiger partial charge in [0.25, 0.3) is 0 Å². The Bertz CT molecular complexity index is 684. The highest BCUT2D eigenvalue weighted by atomic mass is 35.5. The lowest BCUT2D eigenvalue weighted by Crippen LogP contribution is -2.57. The maximum absolute atomic E-state index is 13.3. The third-order valence-corrected chi connectivity index (χ3v) is 5.23. The quantitative estimate of drug-likeness (QED) is 0.649. The van der Waals surface area contributed by atoms with Gasteiger partial charge in [0.2, 0.25) is 10.0 Å². The summed E-state index contributed by atoms with van der Waals surface area (Å²) in [6.07, 6.45) is -3.42. The van der Waals surface area contributed by atoms with Crippen LogP contribution in [-0.4, -0.2) is 63.2 Å². The zero-order chi connectivity index (χ0) is 18.0. The minimum Gasteiger partial charge on any atom is -0.383 e. The average Bonchev–Trinajstić information content (AvgIpc) is 2.49. The summed E-state index contributed by atoms with van der Waals surface area (Å²) in [5, 5.41) is 2.96. The normalized spacial score (nSPS) is 17.8. The molecule has 1 aliphatic rings. The molecule has 0 amide bonds. The van der Waals surface area contributed by atoms with E-state index in [2.05, 4.69) is 10.3 Å². The molecule has 2 rings (SSSR count). The van der Waals surface area contributed by atoms with Crippen LogP contribution in [0.4, 0.5) is 19.0 Å². The summed E-state index contributed by atoms with van der Waals surface area (Å²) in [6.45, 7) is 0.340. The zero-order valence-electron chi connectivity index (χ0n) is 12.9. The van der Waals surface area contributed by atoms with Crippen LogP contribution in [0.3, 0.4) is 0 Å². The lowest BCUT2D eigenvalue weighted by Gasteiger charge is -2.35. The molecular weight excluding hydrogens is 406 g/mol. The Balaban J connectivity index is 0.00000312. The van der Waals surface area contributed by atoms with Crippen molar-refractivity contribution in [1.29, 1.82) is 0 Å². The first-order chi connectivity index (χ1) is 11.1. The van der Waals surface area contributed by atoms with Crippen molar-refractivity contribution in [3.05, 3.63) is 17.3 Å². The van der Waals surface area contributed by atoms with E-state index in [-0.39, 0.29) is 36.3 Å². The molecule has 7 nitrogen and oxygen atoms in total. The molecule has 0 saturated carbocycles. The molecule has 25 heavy (non-hydrogen) atoms. The zero-order valence-corrected chi connectivity index (χ0v) is 15.3. The number of nitrogens with one attached hydrogen (secondary N) is 2. The van der Waals surface area contributed by atoms with Gasteiger partial charge in [0.1, 0.15) is 16.8 Å². The molecular formula is C12H18Cl2F3N5O2S. The molecule has 1 aromatic rings. The molecule has 1 unspecified atom stereocenters. The predicted octanol–water partition coefficient (Wildman–Crippen LogP) is 0.853. The summed E-state index contributed by atoms with van der Waals surface area (Å²) in [5.74, 6) is -0.336. The standard InChI is InChI=1S/C12H17ClF3N5O2S.ClH/c13-8-5-9(11(17)19-6-8)24(22,23)20-7-10(12(14,15)16)21-3-1-18-2-4-21;/h5-6,10,18,20H,1-4,7H2,(H2,17,19);1H. The molecule has 0 spiro atoms. The van der Waals surface area contributed by atoms with E-state index in [4.69, 9.17) is 17.3 Å². The van der Waals surface area contributed by atoms with Gasteiger partial charge in [0, 0.05) is 38.9 Å². The molecule has 2 heterocycles. The summed E-state index contributed by atoms with van der Waals surface area (Å²) < 4.78 is 66.2. The number of nitrogens with zero attached hydrogens (tertiary/aromatic N) is 2. The SMILES string of the molecule is Cl.Nc1ncc(Cl)cc1S(=O)(=O)NCC(N1CCNCC1)C(F)(F)F. The van der Waals surface area contributed by atoms with Crippen molar-refractivity contribution >= 4 is 39.8 Å². The Labute approximate surface area is 154 Å². The molecule has 1 fully saturated rings. The molecule has 1 aliphatic heterocycles. The van der Waals surface area contributed by atoms with E-state index in [0.29, 0.717) is 13.1 Å². The first kappa shape index (κ1) is 22.2. The number of anilines is 1. The van der Waals surface area contributed by atoms with Crippen molar-refractivity contribution in [3.8, 4) is 0 Å². The van der Waals surface area contributed by atoms with Gasteiger partial charge < -0.3 is 11.1 Å². The van der Waals surface area contributed by atoms with E-state index < -0.39 is 33.7 Å². The van der Waals surface area contributed by atoms with E-state index in [1.165, 1.54) is 4.90 Å². The van der Waals surface area contributed by atoms with Gasteiger partial charge in [0.15, 0.2) is 0 Å². The topological polar surface area (TPSA) is 100 Å². The highest BCUT2D eigenvalue weighted by molar-refractivity contribution is 7.89. The van der Waals surface area contributed by atoms with Gasteiger partial charge in [-0.3, -0.25) is 4.90 Å². The molecule has 0 bridgehead atoms. The second kappa shape index (κ2) is 8.69. The molecule has 4 N–H and O–H groups in total. The summed E-state index contributed by atoms with van der Waals surface area (Å²) in [6, 6.07) is -0.887. The predicted molar refractivity (Wildman–Crippen MR) is 90.4 cm³/mol. The van der Waals surface area contributed by atoms with Gasteiger partial charge in [-0.2, -0.15) is 13.2 Å². The van der Waals surface area contributed by atoms with E-state index >= 15 is 0 Å². The molecule has 0 radical (unpaired) electrons. The van der Waals surface area contributed by atoms with Crippen molar-refractivity contribution in [2.24, 2.45) is 0 Å². The number of halogens is 5. The van der Waals surface area contributed by atoms with Gasteiger partial charge in [0.05, 0.1) is 5.02 Å². The number of hydrogen-bond donors (Lipinski definition) is 3. The van der Waals surface area contributed by atoms with Crippen molar-refractivity contribution in [1.82, 2.24) is 19.9 Å². The summed E-state index contributed by atoms with van der Waals surface area (Å²) in [4.78, 5) is 4.34. The molecule has 13 heteroatoms. The number of aromatic nitrogens is 1. The van der Waals surface area contributed by atoms with Gasteiger partial charge >= 0.3 is 6.18 Å². The Kier molecular flexibility index (Phi) is 7.71. The van der Waals surface area contributed by atoms with Crippen molar-refractivity contribution in [2.75, 3.05) is 38.5 Å². The fourth-order valence-electron chi connectivity index (χ4n) is 2.36. The number of alkyl halides is 3. The number of nitrogen functional groups attached to an aromatic ring is 1. The van der Waals surface area contributed by atoms with E-state index in [9.17, 15) is 21.6 Å². The number of rotatable bonds is 5. The minimum absolute atomic E-state index is 0. The number of hydrogen-bond acceptors (Lipinski definition) is 6. The summed E-state index contributed by atoms with van der Waals surface area (Å²) in [5.41, 5.74) is 5.48. The highest BCUT2D eigenvalue weighted by Crippen LogP contribution is 2.26. The van der Waals surface area contributed by atoms with Crippen LogP contribution in [0.1, 0.15) is 0 Å². The van der Waals surface area contributed by atoms with Crippen LogP contribution < -0.4 is 15.8 Å². The maximum Gasteiger partial charge on any atom is 0.405 e. The van der Waals surface area contributed by atoms with Crippen LogP contribution in [0.2, 0.25) is 5.02 Å². The van der Waals surface area contributed by atoms with Crippen molar-refractivity contribution in [2.45, 2.75) is 17.1 Å². The second-order valence-corrected chi connectivity index (χ2v) is 7.40. The Morgan fingerprint density at radius 2 is 2.00 bits per heavy atom. The monoisotopic (exact) mass is 423 g/mol. The lowest BCUT2D eigenvalue weighted by molar-refractivity contribution is -0.182. The van der Waals surface area contributed by atoms with Gasteiger partial charge in [-0.15, -0.1) is 12.4 Å². The minimum atomic E-state index is -4.57. The fourth-order valence-corrected chi connectivity index (χ4v) is 3.72. The summed E-state index contributed by atoms with van der Waals surface area (Å²) >= 11 is 5.67. The largest absolute Gasteiger partial charge is 0.405 e. The number of pyridine rings is 1. The van der Waals surface area contributed by atoms with Gasteiger partial charge in [-0.05, 0) is 6.07 Å². The average molecular weight is 424 g/mol. The Hall–Kier alpha value is -0.850. The molecule has 1 aromatic heterocycles. The third kappa shape index (κ3) is 5.83. The van der Waals surface area contributed by atoms with Crippen molar-refractivity contribution < 1.29 is 21.6 Å². The number of sulfonamides is 1. The highest BCUT2D eigenvalue weighted by Gasteiger charge is 2.44. The molecule has 1 atom stereocenters. The maximum atomic E-state index is 13.3. The smallest absolute Gasteiger partial charge is 0.383 e. The van der Waals surface area contributed by atoms with E-state index in [0.717, 1.165) is 12.3 Å². The first-order valence-electron chi connectivity index (χ1n) is 7.03. The number of nitrogens with two attached hydrogens (primary N) is 1. The third-order valence-electron chi connectivity index (χ3n) is 3.57. The lowest BCUT2D eigenvalue weighted by atomic mass is 10.2. The molecule has 144 valence electrons. The van der Waals surface area contributed by atoms with Crippen LogP contribution in [0.15, 0.2) is 17.2 Å². The summed E-state index contributed by atoms with van der Waals surface area (Å²) in [7, 11) is -4.27. The van der Waals surface area contributed by atoms with Gasteiger partial charge in [-0.1, -0.05) is 11.6 Å². The van der Waals surface area contributed by atoms with Crippen molar-refractivity contribution in [3.63, 3.8) is 0 Å². The van der Waals surface area contributed by atoms with Crippen LogP contribution in [-0.2, 0) is 10.0 Å². The van der Waals surface area contributed by atoms with E-state index in [1.807, 2.05) is 4.72 Å². The van der Waals surface area contributed by atoms with Crippen LogP contribution in [0, 0.1) is 0 Å². The Morgan fingerprint density at radius 3 is 2.56 bits per heavy atom.